The zero-order valence-electron chi connectivity index (χ0n) is 25.3. The Morgan fingerprint density at radius 3 is 1.58 bits per heavy atom. The van der Waals surface area contributed by atoms with E-state index in [-0.39, 0.29) is 0 Å². The molecule has 2 aliphatic carbocycles. The molecule has 6 heteroatoms. The number of thiophene rings is 2. The molecule has 0 amide bonds. The van der Waals surface area contributed by atoms with Gasteiger partial charge >= 0.3 is 0 Å². The summed E-state index contributed by atoms with van der Waals surface area (Å²) >= 11 is 7.44. The number of allylic oxidation sites excluding steroid dienone is 1. The van der Waals surface area contributed by atoms with E-state index < -0.39 is 5.41 Å². The van der Waals surface area contributed by atoms with Crippen molar-refractivity contribution in [1.82, 2.24) is 9.97 Å². The lowest BCUT2D eigenvalue weighted by atomic mass is 9.69. The second-order valence-electron chi connectivity index (χ2n) is 11.8. The fraction of sp³-hybridized carbons (Fsp3) is 0.128. The SMILES string of the molecule is Cc1cc2c(s1)-c1sc(C)cc1C21C(c2nc(-c3ccccc3)sc2C)=C(c2nc(-c3ccccc3)sc2C)c2ccccc21. The largest absolute Gasteiger partial charge is 0.236 e. The first-order valence-corrected chi connectivity index (χ1v) is 18.3. The molecule has 0 fully saturated rings. The van der Waals surface area contributed by atoms with Gasteiger partial charge in [-0.2, -0.15) is 0 Å². The predicted molar refractivity (Wildman–Crippen MR) is 194 cm³/mol. The molecule has 2 aliphatic rings. The summed E-state index contributed by atoms with van der Waals surface area (Å²) < 4.78 is 0. The third kappa shape index (κ3) is 3.83. The molecule has 4 aromatic heterocycles. The molecule has 45 heavy (non-hydrogen) atoms. The molecule has 0 radical (unpaired) electrons. The Morgan fingerprint density at radius 2 is 1.00 bits per heavy atom. The lowest BCUT2D eigenvalue weighted by Gasteiger charge is -2.31. The zero-order chi connectivity index (χ0) is 30.4. The van der Waals surface area contributed by atoms with Crippen LogP contribution in [-0.4, -0.2) is 9.97 Å². The van der Waals surface area contributed by atoms with Crippen LogP contribution in [0.1, 0.15) is 53.2 Å². The fourth-order valence-corrected chi connectivity index (χ4v) is 11.5. The Hall–Kier alpha value is -3.94. The van der Waals surface area contributed by atoms with Crippen molar-refractivity contribution in [3.63, 3.8) is 0 Å². The van der Waals surface area contributed by atoms with E-state index in [1.54, 1.807) is 22.7 Å². The van der Waals surface area contributed by atoms with Crippen molar-refractivity contribution in [3.05, 3.63) is 150 Å². The Bertz CT molecular complexity index is 2260. The number of hydrogen-bond acceptors (Lipinski definition) is 6. The summed E-state index contributed by atoms with van der Waals surface area (Å²) in [5.41, 5.74) is 11.9. The molecule has 4 heterocycles. The van der Waals surface area contributed by atoms with Crippen LogP contribution in [0.15, 0.2) is 97.1 Å². The number of hydrogen-bond donors (Lipinski definition) is 0. The van der Waals surface area contributed by atoms with E-state index in [9.17, 15) is 0 Å². The van der Waals surface area contributed by atoms with Crippen LogP contribution in [0.25, 0.3) is 42.0 Å². The number of aromatic nitrogens is 2. The molecule has 0 N–H and O–H groups in total. The van der Waals surface area contributed by atoms with Crippen LogP contribution in [0.3, 0.4) is 0 Å². The van der Waals surface area contributed by atoms with Gasteiger partial charge in [-0.05, 0) is 62.1 Å². The highest BCUT2D eigenvalue weighted by Gasteiger charge is 2.56. The molecule has 0 saturated heterocycles. The van der Waals surface area contributed by atoms with Crippen molar-refractivity contribution < 1.29 is 0 Å². The van der Waals surface area contributed by atoms with Crippen LogP contribution < -0.4 is 0 Å². The minimum atomic E-state index is -0.456. The van der Waals surface area contributed by atoms with Gasteiger partial charge in [0.1, 0.15) is 10.0 Å². The molecule has 218 valence electrons. The van der Waals surface area contributed by atoms with Crippen LogP contribution in [0.2, 0.25) is 0 Å². The molecular formula is C39H28N2S4. The first-order chi connectivity index (χ1) is 21.9. The Labute approximate surface area is 279 Å². The summed E-state index contributed by atoms with van der Waals surface area (Å²) in [7, 11) is 0. The quantitative estimate of drug-likeness (QED) is 0.189. The minimum absolute atomic E-state index is 0.456. The first kappa shape index (κ1) is 27.4. The Morgan fingerprint density at radius 1 is 0.511 bits per heavy atom. The van der Waals surface area contributed by atoms with Crippen LogP contribution in [-0.2, 0) is 5.41 Å². The highest BCUT2D eigenvalue weighted by Crippen LogP contribution is 2.68. The number of rotatable bonds is 4. The maximum absolute atomic E-state index is 5.54. The lowest BCUT2D eigenvalue weighted by molar-refractivity contribution is 0.840. The highest BCUT2D eigenvalue weighted by molar-refractivity contribution is 7.22. The Kier molecular flexibility index (Phi) is 6.10. The van der Waals surface area contributed by atoms with Crippen molar-refractivity contribution >= 4 is 56.5 Å². The summed E-state index contributed by atoms with van der Waals surface area (Å²) in [5, 5.41) is 2.11. The smallest absolute Gasteiger partial charge is 0.124 e. The molecule has 0 atom stereocenters. The summed E-state index contributed by atoms with van der Waals surface area (Å²) in [5.74, 6) is 0. The van der Waals surface area contributed by atoms with Gasteiger partial charge in [-0.3, -0.25) is 0 Å². The van der Waals surface area contributed by atoms with Gasteiger partial charge in [0.2, 0.25) is 0 Å². The minimum Gasteiger partial charge on any atom is -0.236 e. The molecule has 7 aromatic rings. The third-order valence-electron chi connectivity index (χ3n) is 9.06. The summed E-state index contributed by atoms with van der Waals surface area (Å²) in [6.45, 7) is 8.98. The zero-order valence-corrected chi connectivity index (χ0v) is 28.5. The summed E-state index contributed by atoms with van der Waals surface area (Å²) in [4.78, 5) is 19.0. The maximum atomic E-state index is 5.54. The fourth-order valence-electron chi connectivity index (χ4n) is 7.32. The van der Waals surface area contributed by atoms with Crippen molar-refractivity contribution in [1.29, 1.82) is 0 Å². The van der Waals surface area contributed by atoms with Crippen molar-refractivity contribution in [3.8, 4) is 30.9 Å². The number of thiazole rings is 2. The van der Waals surface area contributed by atoms with Gasteiger partial charge in [0.15, 0.2) is 0 Å². The monoisotopic (exact) mass is 652 g/mol. The van der Waals surface area contributed by atoms with Gasteiger partial charge in [-0.1, -0.05) is 84.9 Å². The first-order valence-electron chi connectivity index (χ1n) is 15.1. The van der Waals surface area contributed by atoms with Gasteiger partial charge in [-0.15, -0.1) is 45.3 Å². The van der Waals surface area contributed by atoms with Gasteiger partial charge in [0.25, 0.3) is 0 Å². The van der Waals surface area contributed by atoms with E-state index >= 15 is 0 Å². The maximum Gasteiger partial charge on any atom is 0.124 e. The average molecular weight is 653 g/mol. The molecule has 1 spiro atoms. The molecule has 9 rings (SSSR count). The molecule has 0 saturated carbocycles. The normalized spacial score (nSPS) is 14.3. The van der Waals surface area contributed by atoms with Crippen LogP contribution in [0.5, 0.6) is 0 Å². The van der Waals surface area contributed by atoms with Gasteiger partial charge < -0.3 is 0 Å². The van der Waals surface area contributed by atoms with Crippen LogP contribution >= 0.6 is 45.3 Å². The molecular weight excluding hydrogens is 625 g/mol. The topological polar surface area (TPSA) is 25.8 Å². The van der Waals surface area contributed by atoms with Gasteiger partial charge in [-0.25, -0.2) is 9.97 Å². The van der Waals surface area contributed by atoms with E-state index in [1.807, 2.05) is 22.7 Å². The van der Waals surface area contributed by atoms with Crippen molar-refractivity contribution in [2.75, 3.05) is 0 Å². The molecule has 3 aromatic carbocycles. The number of aryl methyl sites for hydroxylation is 4. The average Bonchev–Trinajstić information content (AvgIpc) is 3.89. The van der Waals surface area contributed by atoms with E-state index in [4.69, 9.17) is 9.97 Å². The third-order valence-corrected chi connectivity index (χ3v) is 13.4. The predicted octanol–water partition coefficient (Wildman–Crippen LogP) is 11.6. The Balaban J connectivity index is 1.43. The molecule has 2 nitrogen and oxygen atoms in total. The standard InChI is InChI=1S/C39H28N2S4/c1-21-19-29-35(42-21)36-30(20-22(2)43-36)39(29)28-18-12-11-17-27(28)31(33-23(3)44-37(40-33)25-13-7-5-8-14-25)32(39)34-24(4)45-38(41-34)26-15-9-6-10-16-26/h5-20H,1-4H3. The number of benzene rings is 3. The lowest BCUT2D eigenvalue weighted by Crippen LogP contribution is -2.26. The van der Waals surface area contributed by atoms with Crippen LogP contribution in [0, 0.1) is 27.7 Å². The second-order valence-corrected chi connectivity index (χ2v) is 16.7. The second kappa shape index (κ2) is 10.0. The summed E-state index contributed by atoms with van der Waals surface area (Å²) in [6, 6.07) is 35.2. The number of nitrogens with zero attached hydrogens (tertiary/aromatic N) is 2. The number of fused-ring (bicyclic) bond motifs is 7. The van der Waals surface area contributed by atoms with Crippen molar-refractivity contribution in [2.45, 2.75) is 33.1 Å². The van der Waals surface area contributed by atoms with E-state index in [0.29, 0.717) is 0 Å². The van der Waals surface area contributed by atoms with Crippen LogP contribution in [0.4, 0.5) is 0 Å². The van der Waals surface area contributed by atoms with Crippen molar-refractivity contribution in [2.24, 2.45) is 0 Å². The van der Waals surface area contributed by atoms with Gasteiger partial charge in [0, 0.05) is 51.5 Å². The molecule has 0 unspecified atom stereocenters. The van der Waals surface area contributed by atoms with E-state index in [0.717, 1.165) is 32.5 Å². The highest BCUT2D eigenvalue weighted by atomic mass is 32.1. The molecule has 0 aliphatic heterocycles. The van der Waals surface area contributed by atoms with E-state index in [1.165, 1.54) is 62.7 Å². The molecule has 0 bridgehead atoms. The van der Waals surface area contributed by atoms with E-state index in [2.05, 4.69) is 125 Å². The summed E-state index contributed by atoms with van der Waals surface area (Å²) in [6.07, 6.45) is 0. The van der Waals surface area contributed by atoms with Gasteiger partial charge in [0.05, 0.1) is 16.8 Å².